The molecular weight excluding hydrogens is 438 g/mol. The maximum absolute atomic E-state index is 11.9. The molecule has 0 aliphatic carbocycles. The minimum absolute atomic E-state index is 0.103. The van der Waals surface area contributed by atoms with Crippen molar-refractivity contribution < 1.29 is 23.7 Å². The smallest absolute Gasteiger partial charge is 0.338 e. The van der Waals surface area contributed by atoms with E-state index in [2.05, 4.69) is 31.8 Å². The zero-order chi connectivity index (χ0) is 23.8. The van der Waals surface area contributed by atoms with Crippen LogP contribution in [0.1, 0.15) is 43.6 Å². The molecule has 176 valence electrons. The van der Waals surface area contributed by atoms with E-state index in [9.17, 15) is 4.79 Å². The van der Waals surface area contributed by atoms with E-state index >= 15 is 0 Å². The number of carbonyl (C=O) groups is 1. The van der Waals surface area contributed by atoms with E-state index in [1.807, 2.05) is 30.5 Å². The molecule has 0 N–H and O–H groups in total. The van der Waals surface area contributed by atoms with E-state index in [1.54, 1.807) is 37.5 Å². The first kappa shape index (κ1) is 24.9. The molecule has 0 bridgehead atoms. The van der Waals surface area contributed by atoms with Crippen molar-refractivity contribution >= 4 is 17.3 Å². The fourth-order valence-electron chi connectivity index (χ4n) is 3.21. The first-order valence-corrected chi connectivity index (χ1v) is 11.7. The van der Waals surface area contributed by atoms with Gasteiger partial charge in [0.05, 0.1) is 30.3 Å². The second kappa shape index (κ2) is 11.4. The van der Waals surface area contributed by atoms with Crippen LogP contribution in [0.15, 0.2) is 48.7 Å². The Morgan fingerprint density at radius 1 is 1.03 bits per heavy atom. The number of benzene rings is 2. The van der Waals surface area contributed by atoms with E-state index in [0.29, 0.717) is 25.4 Å². The molecule has 0 atom stereocenters. The van der Waals surface area contributed by atoms with Crippen molar-refractivity contribution in [2.45, 2.75) is 33.1 Å². The highest BCUT2D eigenvalue weighted by Gasteiger charge is 2.21. The maximum atomic E-state index is 11.9. The van der Waals surface area contributed by atoms with Crippen molar-refractivity contribution in [3.8, 4) is 26.8 Å². The fraction of sp³-hybridized carbons (Fsp3) is 0.385. The number of nitrogens with zero attached hydrogens (tertiary/aromatic N) is 1. The molecule has 33 heavy (non-hydrogen) atoms. The van der Waals surface area contributed by atoms with Gasteiger partial charge in [0.2, 0.25) is 0 Å². The van der Waals surface area contributed by atoms with Crippen LogP contribution < -0.4 is 4.74 Å². The lowest BCUT2D eigenvalue weighted by Gasteiger charge is -2.23. The van der Waals surface area contributed by atoms with Crippen molar-refractivity contribution in [3.05, 3.63) is 59.8 Å². The second-order valence-corrected chi connectivity index (χ2v) is 9.48. The normalized spacial score (nSPS) is 11.4. The van der Waals surface area contributed by atoms with Crippen LogP contribution in [0.5, 0.6) is 5.75 Å². The summed E-state index contributed by atoms with van der Waals surface area (Å²) < 4.78 is 21.4. The number of thiazole rings is 1. The number of hydrogen-bond acceptors (Lipinski definition) is 7. The molecule has 2 aromatic carbocycles. The third-order valence-corrected chi connectivity index (χ3v) is 6.05. The van der Waals surface area contributed by atoms with Gasteiger partial charge in [-0.15, -0.1) is 11.3 Å². The van der Waals surface area contributed by atoms with E-state index in [-0.39, 0.29) is 18.2 Å². The Morgan fingerprint density at radius 2 is 1.76 bits per heavy atom. The van der Waals surface area contributed by atoms with Crippen LogP contribution >= 0.6 is 11.3 Å². The quantitative estimate of drug-likeness (QED) is 0.208. The van der Waals surface area contributed by atoms with Crippen molar-refractivity contribution in [2.75, 3.05) is 33.7 Å². The molecule has 0 spiro atoms. The number of aromatic nitrogens is 1. The molecule has 3 aromatic rings. The summed E-state index contributed by atoms with van der Waals surface area (Å²) in [6, 6.07) is 13.5. The van der Waals surface area contributed by atoms with Crippen molar-refractivity contribution in [2.24, 2.45) is 0 Å². The van der Waals surface area contributed by atoms with Gasteiger partial charge in [-0.1, -0.05) is 32.9 Å². The van der Waals surface area contributed by atoms with Crippen LogP contribution in [0.25, 0.3) is 21.0 Å². The van der Waals surface area contributed by atoms with Crippen LogP contribution in [-0.2, 0) is 19.6 Å². The summed E-state index contributed by atoms with van der Waals surface area (Å²) in [7, 11) is 1.64. The van der Waals surface area contributed by atoms with Crippen LogP contribution in [-0.4, -0.2) is 44.7 Å². The average molecular weight is 470 g/mol. The Kier molecular flexibility index (Phi) is 8.61. The summed E-state index contributed by atoms with van der Waals surface area (Å²) in [5.41, 5.74) is 3.58. The summed E-state index contributed by atoms with van der Waals surface area (Å²) >= 11 is 1.61. The average Bonchev–Trinajstić information content (AvgIpc) is 3.29. The van der Waals surface area contributed by atoms with Gasteiger partial charge in [-0.3, -0.25) is 0 Å². The van der Waals surface area contributed by atoms with Gasteiger partial charge in [0, 0.05) is 24.4 Å². The monoisotopic (exact) mass is 469 g/mol. The molecule has 6 nitrogen and oxygen atoms in total. The maximum Gasteiger partial charge on any atom is 0.338 e. The molecule has 7 heteroatoms. The molecule has 0 saturated heterocycles. The first-order chi connectivity index (χ1) is 15.8. The number of ether oxygens (including phenoxy) is 4. The van der Waals surface area contributed by atoms with Crippen LogP contribution in [0.4, 0.5) is 0 Å². The Balaban J connectivity index is 1.79. The summed E-state index contributed by atoms with van der Waals surface area (Å²) in [5.74, 6) is 0.493. The van der Waals surface area contributed by atoms with E-state index in [1.165, 1.54) is 0 Å². The minimum atomic E-state index is -0.315. The third-order valence-electron chi connectivity index (χ3n) is 4.95. The molecule has 0 unspecified atom stereocenters. The Morgan fingerprint density at radius 3 is 2.42 bits per heavy atom. The number of rotatable bonds is 10. The van der Waals surface area contributed by atoms with Gasteiger partial charge in [0.25, 0.3) is 0 Å². The lowest BCUT2D eigenvalue weighted by Crippen LogP contribution is -2.15. The van der Waals surface area contributed by atoms with E-state index in [4.69, 9.17) is 18.9 Å². The van der Waals surface area contributed by atoms with Crippen LogP contribution in [0.2, 0.25) is 0 Å². The molecule has 0 aliphatic rings. The lowest BCUT2D eigenvalue weighted by atomic mass is 9.85. The topological polar surface area (TPSA) is 66.9 Å². The zero-order valence-electron chi connectivity index (χ0n) is 19.8. The van der Waals surface area contributed by atoms with Gasteiger partial charge in [0.15, 0.2) is 6.79 Å². The van der Waals surface area contributed by atoms with Crippen molar-refractivity contribution in [3.63, 3.8) is 0 Å². The van der Waals surface area contributed by atoms with Gasteiger partial charge in [-0.05, 0) is 48.2 Å². The molecule has 3 rings (SSSR count). The van der Waals surface area contributed by atoms with Gasteiger partial charge >= 0.3 is 5.97 Å². The standard InChI is InChI=1S/C26H31NO5S/c1-6-31-25(28)19-9-7-18(8-10-19)24-27-16-23(33-24)20-11-12-22(21(15-20)26(2,3)4)32-17-30-14-13-29-5/h7-12,15-16H,6,13-14,17H2,1-5H3. The highest BCUT2D eigenvalue weighted by Crippen LogP contribution is 2.38. The van der Waals surface area contributed by atoms with E-state index in [0.717, 1.165) is 32.3 Å². The molecule has 1 aromatic heterocycles. The molecule has 0 fully saturated rings. The predicted molar refractivity (Wildman–Crippen MR) is 131 cm³/mol. The molecule has 0 amide bonds. The summed E-state index contributed by atoms with van der Waals surface area (Å²) in [4.78, 5) is 17.5. The molecule has 0 aliphatic heterocycles. The predicted octanol–water partition coefficient (Wildman–Crippen LogP) is 5.95. The summed E-state index contributed by atoms with van der Waals surface area (Å²) in [5, 5.41) is 0.893. The second-order valence-electron chi connectivity index (χ2n) is 8.45. The van der Waals surface area contributed by atoms with Gasteiger partial charge in [0.1, 0.15) is 10.8 Å². The fourth-order valence-corrected chi connectivity index (χ4v) is 4.12. The summed E-state index contributed by atoms with van der Waals surface area (Å²) in [6.07, 6.45) is 1.88. The Labute approximate surface area is 199 Å². The van der Waals surface area contributed by atoms with Gasteiger partial charge in [-0.25, -0.2) is 9.78 Å². The first-order valence-electron chi connectivity index (χ1n) is 10.9. The van der Waals surface area contributed by atoms with Crippen LogP contribution in [0.3, 0.4) is 0 Å². The number of carbonyl (C=O) groups excluding carboxylic acids is 1. The SMILES string of the molecule is CCOC(=O)c1ccc(-c2ncc(-c3ccc(OCOCCOC)c(C(C)(C)C)c3)s2)cc1. The lowest BCUT2D eigenvalue weighted by molar-refractivity contribution is -0.00917. The van der Waals surface area contributed by atoms with Gasteiger partial charge < -0.3 is 18.9 Å². The van der Waals surface area contributed by atoms with E-state index < -0.39 is 0 Å². The third kappa shape index (κ3) is 6.63. The number of hydrogen-bond donors (Lipinski definition) is 0. The Hall–Kier alpha value is -2.74. The molecule has 1 heterocycles. The molecule has 0 radical (unpaired) electrons. The highest BCUT2D eigenvalue weighted by atomic mass is 32.1. The minimum Gasteiger partial charge on any atom is -0.467 e. The largest absolute Gasteiger partial charge is 0.467 e. The summed E-state index contributed by atoms with van der Waals surface area (Å²) in [6.45, 7) is 9.84. The molecule has 0 saturated carbocycles. The van der Waals surface area contributed by atoms with Crippen molar-refractivity contribution in [1.29, 1.82) is 0 Å². The van der Waals surface area contributed by atoms with Crippen LogP contribution in [0, 0.1) is 0 Å². The number of methoxy groups -OCH3 is 1. The number of esters is 1. The Bertz CT molecular complexity index is 1050. The van der Waals surface area contributed by atoms with Crippen molar-refractivity contribution in [1.82, 2.24) is 4.98 Å². The van der Waals surface area contributed by atoms with Gasteiger partial charge in [-0.2, -0.15) is 0 Å². The zero-order valence-corrected chi connectivity index (χ0v) is 20.7. The highest BCUT2D eigenvalue weighted by molar-refractivity contribution is 7.18. The molecular formula is C26H31NO5S.